The van der Waals surface area contributed by atoms with E-state index in [1.54, 1.807) is 24.5 Å². The summed E-state index contributed by atoms with van der Waals surface area (Å²) < 4.78 is 6.94. The molecule has 0 saturated carbocycles. The fraction of sp³-hybridized carbons (Fsp3) is 0.154. The van der Waals surface area contributed by atoms with Crippen molar-refractivity contribution < 1.29 is 9.53 Å². The highest BCUT2D eigenvalue weighted by Gasteiger charge is 2.41. The van der Waals surface area contributed by atoms with Gasteiger partial charge in [0.05, 0.1) is 42.7 Å². The van der Waals surface area contributed by atoms with Gasteiger partial charge in [0, 0.05) is 30.0 Å². The Morgan fingerprint density at radius 2 is 1.76 bits per heavy atom. The van der Waals surface area contributed by atoms with Crippen molar-refractivity contribution >= 4 is 23.3 Å². The summed E-state index contributed by atoms with van der Waals surface area (Å²) >= 11 is 5.79. The molecule has 2 atom stereocenters. The monoisotopic (exact) mass is 469 g/mol. The zero-order chi connectivity index (χ0) is 23.5. The number of nitrogens with one attached hydrogen (secondary N) is 1. The van der Waals surface area contributed by atoms with Gasteiger partial charge < -0.3 is 19.5 Å². The normalized spacial score (nSPS) is 17.4. The van der Waals surface area contributed by atoms with Crippen LogP contribution in [0.1, 0.15) is 39.5 Å². The highest BCUT2D eigenvalue weighted by atomic mass is 32.1. The molecule has 7 nitrogen and oxygen atoms in total. The van der Waals surface area contributed by atoms with Crippen LogP contribution in [-0.2, 0) is 11.3 Å². The summed E-state index contributed by atoms with van der Waals surface area (Å²) in [6, 6.07) is 23.0. The zero-order valence-electron chi connectivity index (χ0n) is 18.5. The second-order valence-electron chi connectivity index (χ2n) is 7.92. The number of thiocarbonyl (C=S) groups is 1. The SMILES string of the molecule is COC(=O)c1ccc(-n2cccc2[C@H]2[C@H](c3ccccn3)NC(=S)N2Cc2ccccn2)cc1. The lowest BCUT2D eigenvalue weighted by Crippen LogP contribution is -2.30. The summed E-state index contributed by atoms with van der Waals surface area (Å²) in [6.07, 6.45) is 5.60. The van der Waals surface area contributed by atoms with Crippen LogP contribution in [0, 0.1) is 0 Å². The third-order valence-corrected chi connectivity index (χ3v) is 6.26. The first-order valence-electron chi connectivity index (χ1n) is 10.9. The smallest absolute Gasteiger partial charge is 0.337 e. The van der Waals surface area contributed by atoms with Crippen LogP contribution in [0.3, 0.4) is 0 Å². The van der Waals surface area contributed by atoms with Crippen LogP contribution in [0.4, 0.5) is 0 Å². The third kappa shape index (κ3) is 4.15. The minimum Gasteiger partial charge on any atom is -0.465 e. The lowest BCUT2D eigenvalue weighted by Gasteiger charge is -2.28. The average molecular weight is 470 g/mol. The van der Waals surface area contributed by atoms with Crippen LogP contribution in [0.15, 0.2) is 91.4 Å². The van der Waals surface area contributed by atoms with Gasteiger partial charge in [-0.05, 0) is 72.9 Å². The maximum atomic E-state index is 11.9. The van der Waals surface area contributed by atoms with E-state index in [1.807, 2.05) is 60.8 Å². The highest BCUT2D eigenvalue weighted by molar-refractivity contribution is 7.80. The second kappa shape index (κ2) is 9.44. The molecule has 0 amide bonds. The van der Waals surface area contributed by atoms with Gasteiger partial charge in [0.2, 0.25) is 0 Å². The van der Waals surface area contributed by atoms with E-state index in [0.29, 0.717) is 17.2 Å². The van der Waals surface area contributed by atoms with E-state index in [0.717, 1.165) is 22.8 Å². The van der Waals surface area contributed by atoms with Crippen molar-refractivity contribution in [3.63, 3.8) is 0 Å². The van der Waals surface area contributed by atoms with Gasteiger partial charge in [0.15, 0.2) is 5.11 Å². The van der Waals surface area contributed by atoms with Gasteiger partial charge in [-0.25, -0.2) is 4.79 Å². The van der Waals surface area contributed by atoms with E-state index in [1.165, 1.54) is 7.11 Å². The van der Waals surface area contributed by atoms with E-state index in [-0.39, 0.29) is 18.1 Å². The first kappa shape index (κ1) is 21.8. The molecule has 5 rings (SSSR count). The molecular formula is C26H23N5O2S. The van der Waals surface area contributed by atoms with Gasteiger partial charge in [-0.1, -0.05) is 12.1 Å². The second-order valence-corrected chi connectivity index (χ2v) is 8.30. The Kier molecular flexibility index (Phi) is 6.05. The third-order valence-electron chi connectivity index (χ3n) is 5.91. The Labute approximate surface area is 203 Å². The largest absolute Gasteiger partial charge is 0.465 e. The summed E-state index contributed by atoms with van der Waals surface area (Å²) in [4.78, 5) is 23.2. The molecule has 34 heavy (non-hydrogen) atoms. The van der Waals surface area contributed by atoms with Crippen molar-refractivity contribution in [1.82, 2.24) is 24.8 Å². The van der Waals surface area contributed by atoms with E-state index in [4.69, 9.17) is 17.0 Å². The molecular weight excluding hydrogens is 446 g/mol. The first-order chi connectivity index (χ1) is 16.7. The van der Waals surface area contributed by atoms with Gasteiger partial charge in [-0.3, -0.25) is 9.97 Å². The Balaban J connectivity index is 1.56. The Hall–Kier alpha value is -4.04. The van der Waals surface area contributed by atoms with Crippen molar-refractivity contribution in [1.29, 1.82) is 0 Å². The number of hydrogen-bond donors (Lipinski definition) is 1. The first-order valence-corrected chi connectivity index (χ1v) is 11.3. The topological polar surface area (TPSA) is 72.3 Å². The number of rotatable bonds is 6. The molecule has 0 aliphatic carbocycles. The molecule has 0 unspecified atom stereocenters. The molecule has 8 heteroatoms. The molecule has 0 bridgehead atoms. The quantitative estimate of drug-likeness (QED) is 0.335. The number of benzene rings is 1. The summed E-state index contributed by atoms with van der Waals surface area (Å²) in [7, 11) is 1.38. The summed E-state index contributed by atoms with van der Waals surface area (Å²) in [6.45, 7) is 0.563. The minimum absolute atomic E-state index is 0.125. The molecule has 4 heterocycles. The van der Waals surface area contributed by atoms with Crippen molar-refractivity contribution in [3.8, 4) is 5.69 Å². The number of carbonyl (C=O) groups excluding carboxylic acids is 1. The standard InChI is InChI=1S/C26H23N5O2S/c1-33-25(32)18-10-12-20(13-11-18)30-16-6-9-22(30)24-23(21-8-3-5-15-28-21)29-26(34)31(24)17-19-7-2-4-14-27-19/h2-16,23-24H,17H2,1H3,(H,29,34)/t23-,24-/m0/s1. The molecule has 4 aromatic rings. The molecule has 1 aliphatic rings. The van der Waals surface area contributed by atoms with Crippen molar-refractivity contribution in [2.45, 2.75) is 18.6 Å². The van der Waals surface area contributed by atoms with E-state index in [9.17, 15) is 4.79 Å². The fourth-order valence-corrected chi connectivity index (χ4v) is 4.61. The van der Waals surface area contributed by atoms with Crippen LogP contribution in [0.2, 0.25) is 0 Å². The maximum absolute atomic E-state index is 11.9. The van der Waals surface area contributed by atoms with Crippen LogP contribution >= 0.6 is 12.2 Å². The summed E-state index contributed by atoms with van der Waals surface area (Å²) in [5.41, 5.74) is 4.32. The van der Waals surface area contributed by atoms with Crippen LogP contribution in [0.5, 0.6) is 0 Å². The van der Waals surface area contributed by atoms with Crippen LogP contribution in [-0.4, -0.2) is 37.6 Å². The summed E-state index contributed by atoms with van der Waals surface area (Å²) in [5, 5.41) is 4.13. The van der Waals surface area contributed by atoms with Gasteiger partial charge in [-0.15, -0.1) is 0 Å². The molecule has 1 aromatic carbocycles. The number of methoxy groups -OCH3 is 1. The van der Waals surface area contributed by atoms with Crippen LogP contribution < -0.4 is 5.32 Å². The lowest BCUT2D eigenvalue weighted by molar-refractivity contribution is 0.0600. The number of ether oxygens (including phenoxy) is 1. The summed E-state index contributed by atoms with van der Waals surface area (Å²) in [5.74, 6) is -0.360. The lowest BCUT2D eigenvalue weighted by atomic mass is 10.0. The van der Waals surface area contributed by atoms with E-state index < -0.39 is 0 Å². The predicted molar refractivity (Wildman–Crippen MR) is 132 cm³/mol. The van der Waals surface area contributed by atoms with Gasteiger partial charge in [0.1, 0.15) is 0 Å². The molecule has 1 saturated heterocycles. The molecule has 1 fully saturated rings. The minimum atomic E-state index is -0.360. The van der Waals surface area contributed by atoms with Crippen molar-refractivity contribution in [3.05, 3.63) is 114 Å². The highest BCUT2D eigenvalue weighted by Crippen LogP contribution is 2.40. The van der Waals surface area contributed by atoms with Crippen molar-refractivity contribution in [2.75, 3.05) is 7.11 Å². The fourth-order valence-electron chi connectivity index (χ4n) is 4.31. The van der Waals surface area contributed by atoms with E-state index in [2.05, 4.69) is 30.8 Å². The van der Waals surface area contributed by atoms with E-state index >= 15 is 0 Å². The molecule has 1 N–H and O–H groups in total. The van der Waals surface area contributed by atoms with Crippen LogP contribution in [0.25, 0.3) is 5.69 Å². The number of hydrogen-bond acceptors (Lipinski definition) is 5. The Bertz CT molecular complexity index is 1290. The average Bonchev–Trinajstić information content (AvgIpc) is 3.49. The number of esters is 1. The number of nitrogens with zero attached hydrogens (tertiary/aromatic N) is 4. The number of pyridine rings is 2. The zero-order valence-corrected chi connectivity index (χ0v) is 19.4. The van der Waals surface area contributed by atoms with Gasteiger partial charge in [-0.2, -0.15) is 0 Å². The number of aromatic nitrogens is 3. The molecule has 1 aliphatic heterocycles. The molecule has 170 valence electrons. The predicted octanol–water partition coefficient (Wildman–Crippen LogP) is 4.23. The van der Waals surface area contributed by atoms with Crippen molar-refractivity contribution in [2.24, 2.45) is 0 Å². The molecule has 0 radical (unpaired) electrons. The van der Waals surface area contributed by atoms with Gasteiger partial charge >= 0.3 is 5.97 Å². The number of carbonyl (C=O) groups is 1. The Morgan fingerprint density at radius 1 is 1.00 bits per heavy atom. The van der Waals surface area contributed by atoms with Gasteiger partial charge in [0.25, 0.3) is 0 Å². The molecule has 0 spiro atoms. The Morgan fingerprint density at radius 3 is 2.44 bits per heavy atom. The maximum Gasteiger partial charge on any atom is 0.337 e. The molecule has 3 aromatic heterocycles.